The third kappa shape index (κ3) is 2.35. The van der Waals surface area contributed by atoms with E-state index in [-0.39, 0.29) is 5.78 Å². The van der Waals surface area contributed by atoms with Gasteiger partial charge in [-0.1, -0.05) is 23.2 Å². The van der Waals surface area contributed by atoms with E-state index >= 15 is 0 Å². The molecule has 3 nitrogen and oxygen atoms in total. The normalized spacial score (nSPS) is 10.6. The van der Waals surface area contributed by atoms with Gasteiger partial charge in [-0.05, 0) is 31.2 Å². The van der Waals surface area contributed by atoms with E-state index in [0.717, 1.165) is 5.69 Å². The Morgan fingerprint density at radius 1 is 1.29 bits per heavy atom. The highest BCUT2D eigenvalue weighted by Crippen LogP contribution is 2.23. The van der Waals surface area contributed by atoms with Gasteiger partial charge >= 0.3 is 0 Å². The van der Waals surface area contributed by atoms with E-state index in [9.17, 15) is 4.79 Å². The average molecular weight is 269 g/mol. The van der Waals surface area contributed by atoms with Crippen LogP contribution in [0.1, 0.15) is 21.7 Å². The van der Waals surface area contributed by atoms with E-state index in [1.165, 1.54) is 4.68 Å². The van der Waals surface area contributed by atoms with E-state index in [2.05, 4.69) is 5.10 Å². The van der Waals surface area contributed by atoms with Gasteiger partial charge in [-0.25, -0.2) is 0 Å². The fourth-order valence-corrected chi connectivity index (χ4v) is 2.01. The Kier molecular flexibility index (Phi) is 3.22. The van der Waals surface area contributed by atoms with Crippen LogP contribution in [0.3, 0.4) is 0 Å². The minimum atomic E-state index is -0.180. The molecule has 0 aliphatic carbocycles. The molecule has 1 heterocycles. The Balaban J connectivity index is 2.50. The van der Waals surface area contributed by atoms with Gasteiger partial charge in [-0.3, -0.25) is 9.48 Å². The van der Waals surface area contributed by atoms with Crippen LogP contribution in [-0.4, -0.2) is 15.6 Å². The standard InChI is InChI=1S/C12H10Cl2N2O/c1-7-5-11(16(2)15-7)12(17)9-6-8(13)3-4-10(9)14/h3-6H,1-2H3. The molecule has 88 valence electrons. The number of hydrogen-bond acceptors (Lipinski definition) is 2. The summed E-state index contributed by atoms with van der Waals surface area (Å²) in [6, 6.07) is 6.55. The zero-order chi connectivity index (χ0) is 12.6. The molecule has 5 heteroatoms. The van der Waals surface area contributed by atoms with Crippen molar-refractivity contribution in [1.29, 1.82) is 0 Å². The Labute approximate surface area is 109 Å². The van der Waals surface area contributed by atoms with Crippen molar-refractivity contribution in [3.05, 3.63) is 51.3 Å². The summed E-state index contributed by atoms with van der Waals surface area (Å²) in [5.41, 5.74) is 1.67. The van der Waals surface area contributed by atoms with Gasteiger partial charge in [0.15, 0.2) is 0 Å². The molecule has 1 aromatic carbocycles. The lowest BCUT2D eigenvalue weighted by molar-refractivity contribution is 0.103. The first-order chi connectivity index (χ1) is 7.99. The van der Waals surface area contributed by atoms with Crippen molar-refractivity contribution in [3.8, 4) is 0 Å². The summed E-state index contributed by atoms with van der Waals surface area (Å²) >= 11 is 11.9. The highest BCUT2D eigenvalue weighted by atomic mass is 35.5. The number of carbonyl (C=O) groups excluding carboxylic acids is 1. The molecular formula is C12H10Cl2N2O. The quantitative estimate of drug-likeness (QED) is 0.784. The van der Waals surface area contributed by atoms with Crippen LogP contribution in [-0.2, 0) is 7.05 Å². The predicted octanol–water partition coefficient (Wildman–Crippen LogP) is 3.27. The van der Waals surface area contributed by atoms with Gasteiger partial charge in [0, 0.05) is 17.6 Å². The molecule has 0 atom stereocenters. The molecule has 0 bridgehead atoms. The van der Waals surface area contributed by atoms with Crippen LogP contribution in [0.25, 0.3) is 0 Å². The number of ketones is 1. The third-order valence-electron chi connectivity index (χ3n) is 2.41. The van der Waals surface area contributed by atoms with Gasteiger partial charge in [0.2, 0.25) is 5.78 Å². The summed E-state index contributed by atoms with van der Waals surface area (Å²) in [7, 11) is 1.72. The smallest absolute Gasteiger partial charge is 0.212 e. The van der Waals surface area contributed by atoms with Crippen LogP contribution < -0.4 is 0 Å². The van der Waals surface area contributed by atoms with Crippen LogP contribution in [0, 0.1) is 6.92 Å². The Morgan fingerprint density at radius 2 is 2.00 bits per heavy atom. The molecule has 1 aromatic heterocycles. The second-order valence-electron chi connectivity index (χ2n) is 3.75. The van der Waals surface area contributed by atoms with Crippen molar-refractivity contribution >= 4 is 29.0 Å². The Morgan fingerprint density at radius 3 is 2.59 bits per heavy atom. The predicted molar refractivity (Wildman–Crippen MR) is 67.8 cm³/mol. The van der Waals surface area contributed by atoms with Gasteiger partial charge in [0.05, 0.1) is 10.7 Å². The molecule has 0 amide bonds. The van der Waals surface area contributed by atoms with Crippen LogP contribution in [0.2, 0.25) is 10.0 Å². The summed E-state index contributed by atoms with van der Waals surface area (Å²) in [4.78, 5) is 12.2. The van der Waals surface area contributed by atoms with Crippen LogP contribution in [0.5, 0.6) is 0 Å². The van der Waals surface area contributed by atoms with E-state index in [1.54, 1.807) is 31.3 Å². The van der Waals surface area contributed by atoms with Gasteiger partial charge < -0.3 is 0 Å². The number of rotatable bonds is 2. The zero-order valence-electron chi connectivity index (χ0n) is 9.37. The SMILES string of the molecule is Cc1cc(C(=O)c2cc(Cl)ccc2Cl)n(C)n1. The lowest BCUT2D eigenvalue weighted by atomic mass is 10.1. The maximum atomic E-state index is 12.2. The van der Waals surface area contributed by atoms with Crippen LogP contribution >= 0.6 is 23.2 Å². The number of aryl methyl sites for hydroxylation is 2. The van der Waals surface area contributed by atoms with E-state index in [4.69, 9.17) is 23.2 Å². The van der Waals surface area contributed by atoms with Crippen molar-refractivity contribution in [1.82, 2.24) is 9.78 Å². The molecule has 2 rings (SSSR count). The molecule has 0 saturated carbocycles. The maximum Gasteiger partial charge on any atom is 0.212 e. The fourth-order valence-electron chi connectivity index (χ4n) is 1.63. The average Bonchev–Trinajstić information content (AvgIpc) is 2.60. The molecule has 0 aliphatic rings. The highest BCUT2D eigenvalue weighted by Gasteiger charge is 2.17. The van der Waals surface area contributed by atoms with Gasteiger partial charge in [0.25, 0.3) is 0 Å². The molecule has 0 fully saturated rings. The van der Waals surface area contributed by atoms with Crippen LogP contribution in [0.4, 0.5) is 0 Å². The maximum absolute atomic E-state index is 12.2. The van der Waals surface area contributed by atoms with Gasteiger partial charge in [-0.2, -0.15) is 5.10 Å². The molecule has 0 spiro atoms. The fraction of sp³-hybridized carbons (Fsp3) is 0.167. The minimum Gasteiger partial charge on any atom is -0.287 e. The molecule has 17 heavy (non-hydrogen) atoms. The molecule has 0 aliphatic heterocycles. The van der Waals surface area contributed by atoms with Crippen LogP contribution in [0.15, 0.2) is 24.3 Å². The molecule has 0 radical (unpaired) electrons. The summed E-state index contributed by atoms with van der Waals surface area (Å²) < 4.78 is 1.54. The second-order valence-corrected chi connectivity index (χ2v) is 4.59. The van der Waals surface area contributed by atoms with Gasteiger partial charge in [-0.15, -0.1) is 0 Å². The largest absolute Gasteiger partial charge is 0.287 e. The lowest BCUT2D eigenvalue weighted by Crippen LogP contribution is -2.08. The van der Waals surface area contributed by atoms with E-state index in [1.807, 2.05) is 6.92 Å². The number of benzene rings is 1. The highest BCUT2D eigenvalue weighted by molar-refractivity contribution is 6.36. The van der Waals surface area contributed by atoms with Crippen molar-refractivity contribution in [2.75, 3.05) is 0 Å². The Hall–Kier alpha value is -1.32. The molecule has 2 aromatic rings. The van der Waals surface area contributed by atoms with Crippen molar-refractivity contribution in [3.63, 3.8) is 0 Å². The first kappa shape index (κ1) is 12.1. The first-order valence-corrected chi connectivity index (χ1v) is 5.75. The zero-order valence-corrected chi connectivity index (χ0v) is 10.9. The summed E-state index contributed by atoms with van der Waals surface area (Å²) in [6.45, 7) is 1.83. The summed E-state index contributed by atoms with van der Waals surface area (Å²) in [5.74, 6) is -0.180. The number of nitrogens with zero attached hydrogens (tertiary/aromatic N) is 2. The molecular weight excluding hydrogens is 259 g/mol. The summed E-state index contributed by atoms with van der Waals surface area (Å²) in [6.07, 6.45) is 0. The van der Waals surface area contributed by atoms with E-state index in [0.29, 0.717) is 21.3 Å². The number of halogens is 2. The molecule has 0 N–H and O–H groups in total. The van der Waals surface area contributed by atoms with Gasteiger partial charge in [0.1, 0.15) is 5.69 Å². The van der Waals surface area contributed by atoms with E-state index < -0.39 is 0 Å². The number of hydrogen-bond donors (Lipinski definition) is 0. The van der Waals surface area contributed by atoms with Crippen molar-refractivity contribution < 1.29 is 4.79 Å². The minimum absolute atomic E-state index is 0.180. The summed E-state index contributed by atoms with van der Waals surface area (Å²) in [5, 5.41) is 5.00. The topological polar surface area (TPSA) is 34.9 Å². The molecule has 0 unspecified atom stereocenters. The molecule has 0 saturated heterocycles. The second kappa shape index (κ2) is 4.51. The number of aromatic nitrogens is 2. The van der Waals surface area contributed by atoms with Crippen molar-refractivity contribution in [2.24, 2.45) is 7.05 Å². The monoisotopic (exact) mass is 268 g/mol. The first-order valence-electron chi connectivity index (χ1n) is 4.99. The Bertz CT molecular complexity index is 590. The van der Waals surface area contributed by atoms with Crippen molar-refractivity contribution in [2.45, 2.75) is 6.92 Å². The lowest BCUT2D eigenvalue weighted by Gasteiger charge is -2.04. The third-order valence-corrected chi connectivity index (χ3v) is 2.97. The number of carbonyl (C=O) groups is 1.